The van der Waals surface area contributed by atoms with Gasteiger partial charge in [-0.25, -0.2) is 4.79 Å². The highest BCUT2D eigenvalue weighted by atomic mass is 16.7. The summed E-state index contributed by atoms with van der Waals surface area (Å²) in [4.78, 5) is 33.5. The van der Waals surface area contributed by atoms with E-state index in [0.29, 0.717) is 65.8 Å². The number of phenols is 3. The van der Waals surface area contributed by atoms with E-state index in [2.05, 4.69) is 148 Å². The van der Waals surface area contributed by atoms with E-state index >= 15 is 0 Å². The maximum absolute atomic E-state index is 11.3. The Labute approximate surface area is 664 Å². The van der Waals surface area contributed by atoms with Gasteiger partial charge in [0.25, 0.3) is 0 Å². The second-order valence-corrected chi connectivity index (χ2v) is 30.5. The van der Waals surface area contributed by atoms with Gasteiger partial charge in [-0.05, 0) is 226 Å². The highest BCUT2D eigenvalue weighted by Crippen LogP contribution is 2.31. The molecule has 11 atom stereocenters. The van der Waals surface area contributed by atoms with Crippen molar-refractivity contribution in [2.45, 2.75) is 308 Å². The zero-order chi connectivity index (χ0) is 81.3. The summed E-state index contributed by atoms with van der Waals surface area (Å²) in [5.74, 6) is 7.87. The van der Waals surface area contributed by atoms with Crippen molar-refractivity contribution >= 4 is 17.9 Å². The van der Waals surface area contributed by atoms with Gasteiger partial charge in [-0.2, -0.15) is 0 Å². The predicted molar refractivity (Wildman–Crippen MR) is 448 cm³/mol. The molecule has 110 heavy (non-hydrogen) atoms. The minimum atomic E-state index is -0.665. The molecule has 0 radical (unpaired) electrons. The molecule has 0 amide bonds. The summed E-state index contributed by atoms with van der Waals surface area (Å²) in [7, 11) is 1.68. The summed E-state index contributed by atoms with van der Waals surface area (Å²) >= 11 is 0. The molecule has 1 aliphatic heterocycles. The first-order valence-electron chi connectivity index (χ1n) is 41.7. The number of rotatable bonds is 32. The zero-order valence-electron chi connectivity index (χ0n) is 70.9. The Kier molecular flexibility index (Phi) is 49.0. The topological polar surface area (TPSA) is 195 Å². The second-order valence-electron chi connectivity index (χ2n) is 30.5. The number of aromatic hydroxyl groups is 3. The normalized spacial score (nSPS) is 16.8. The molecule has 614 valence electrons. The molecule has 0 spiro atoms. The number of carbonyl (C=O) groups is 3. The number of ether oxygens (including phenoxy) is 9. The van der Waals surface area contributed by atoms with E-state index in [1.54, 1.807) is 50.4 Å². The highest BCUT2D eigenvalue weighted by Gasteiger charge is 2.31. The molecule has 0 bridgehead atoms. The molecule has 9 rings (SSSR count). The van der Waals surface area contributed by atoms with Crippen LogP contribution in [0.25, 0.3) is 0 Å². The largest absolute Gasteiger partial charge is 0.508 e. The molecule has 15 nitrogen and oxygen atoms in total. The fraction of sp³-hybridized carbons (Fsp3) is 0.589. The molecule has 1 saturated heterocycles. The monoisotopic (exact) mass is 1530 g/mol. The lowest BCUT2D eigenvalue weighted by Crippen LogP contribution is -2.25. The van der Waals surface area contributed by atoms with Crippen LogP contribution in [0.4, 0.5) is 0 Å². The third kappa shape index (κ3) is 39.5. The summed E-state index contributed by atoms with van der Waals surface area (Å²) < 4.78 is 49.1. The maximum atomic E-state index is 11.3. The van der Waals surface area contributed by atoms with Crippen molar-refractivity contribution in [2.75, 3.05) is 26.9 Å². The van der Waals surface area contributed by atoms with Crippen LogP contribution < -0.4 is 18.9 Å². The van der Waals surface area contributed by atoms with E-state index in [-0.39, 0.29) is 48.4 Å². The molecule has 6 aromatic carbocycles. The number of carbonyl (C=O) groups excluding carboxylic acids is 3. The van der Waals surface area contributed by atoms with E-state index < -0.39 is 12.1 Å². The summed E-state index contributed by atoms with van der Waals surface area (Å²) in [6.07, 6.45) is 22.9. The number of cyclic esters (lactones) is 1. The van der Waals surface area contributed by atoms with Gasteiger partial charge in [0, 0.05) is 19.4 Å². The number of esters is 3. The average molecular weight is 1530 g/mol. The Hall–Kier alpha value is -7.59. The van der Waals surface area contributed by atoms with Crippen molar-refractivity contribution in [3.63, 3.8) is 0 Å². The van der Waals surface area contributed by atoms with Crippen molar-refractivity contribution in [1.82, 2.24) is 0 Å². The van der Waals surface area contributed by atoms with Gasteiger partial charge in [0.1, 0.15) is 40.2 Å². The molecule has 0 aromatic heterocycles. The number of phenolic OH excluding ortho intramolecular Hbond substituents is 3. The first-order chi connectivity index (χ1) is 52.7. The van der Waals surface area contributed by atoms with Crippen LogP contribution in [0.1, 0.15) is 310 Å². The molecule has 3 N–H and O–H groups in total. The Morgan fingerprint density at radius 1 is 0.391 bits per heavy atom. The summed E-state index contributed by atoms with van der Waals surface area (Å²) in [5, 5.41) is 27.0. The van der Waals surface area contributed by atoms with Crippen molar-refractivity contribution in [2.24, 2.45) is 29.6 Å². The molecule has 3 aliphatic rings. The quantitative estimate of drug-likeness (QED) is 0.0205. The van der Waals surface area contributed by atoms with E-state index in [4.69, 9.17) is 53.2 Å². The lowest BCUT2D eigenvalue weighted by atomic mass is 9.87. The van der Waals surface area contributed by atoms with Gasteiger partial charge >= 0.3 is 17.9 Å². The zero-order valence-corrected chi connectivity index (χ0v) is 70.9. The maximum Gasteiger partial charge on any atom is 0.347 e. The minimum absolute atomic E-state index is 0.0937. The van der Waals surface area contributed by atoms with Crippen molar-refractivity contribution in [3.8, 4) is 40.2 Å². The van der Waals surface area contributed by atoms with E-state index in [1.807, 2.05) is 71.0 Å². The lowest BCUT2D eigenvalue weighted by molar-refractivity contribution is -0.162. The first kappa shape index (κ1) is 96.6. The predicted octanol–water partition coefficient (Wildman–Crippen LogP) is 25.1. The molecule has 2 saturated carbocycles. The Morgan fingerprint density at radius 2 is 0.691 bits per heavy atom. The minimum Gasteiger partial charge on any atom is -0.508 e. The Morgan fingerprint density at radius 3 is 0.982 bits per heavy atom. The third-order valence-corrected chi connectivity index (χ3v) is 21.4. The van der Waals surface area contributed by atoms with Crippen LogP contribution in [0, 0.1) is 29.6 Å². The van der Waals surface area contributed by atoms with Crippen LogP contribution >= 0.6 is 0 Å². The standard InChI is InChI=1S/2C20H32O2.C15H24O2.C11H14O3.2C10H14O.C9H14O4/c2*1-4-16(2)19-10-12-20(13-11-19)22-17(3)21-15-14-18-8-6-5-7-9-18;1-6-12(4)13-7-9-14(10-8-13)17-15(16-5)11(2)3;1-3-8(2)11(13)14-10-6-4-9(12)5-7-10;2*1-3-8(2)9-4-6-10(11)7-5-9;1-3-6(2)8(10)13-7-4-5-12-9(7)11/h2*10-13,16-18H,4-9,14-15H2,1-3H3;7-12,15H,6H2,1-5H3;4-8,12H,3H2,1-2H3;2*4-8,11H,3H2,1-2H3;6-7H,3-5H2,1-2H3. The molecule has 11 unspecified atom stereocenters. The van der Waals surface area contributed by atoms with Crippen molar-refractivity contribution in [3.05, 3.63) is 173 Å². The molecule has 15 heteroatoms. The van der Waals surface area contributed by atoms with Gasteiger partial charge in [0.2, 0.25) is 12.4 Å². The van der Waals surface area contributed by atoms with Gasteiger partial charge in [-0.3, -0.25) is 9.59 Å². The summed E-state index contributed by atoms with van der Waals surface area (Å²) in [6.45, 7) is 39.7. The molecular formula is C95H144O15. The third-order valence-electron chi connectivity index (χ3n) is 21.4. The number of hydrogen-bond acceptors (Lipinski definition) is 15. The van der Waals surface area contributed by atoms with Gasteiger partial charge < -0.3 is 58.0 Å². The SMILES string of the molecule is CCC(C)C(=O)OC1CCOC1=O.CCC(C)C(=O)Oc1ccc(O)cc1.CCC(C)c1ccc(O)cc1.CCC(C)c1ccc(O)cc1.CCC(C)c1ccc(OC(C)OCCC2CCCCC2)cc1.CCC(C)c1ccc(OC(C)OCCC2CCCCC2)cc1.CCC(C)c1ccc(OC(OC)C(C)C)cc1. The van der Waals surface area contributed by atoms with Gasteiger partial charge in [-0.1, -0.05) is 236 Å². The van der Waals surface area contributed by atoms with Gasteiger partial charge in [0.05, 0.1) is 31.7 Å². The summed E-state index contributed by atoms with van der Waals surface area (Å²) in [6, 6.07) is 46.2. The van der Waals surface area contributed by atoms with Crippen LogP contribution in [-0.2, 0) is 38.1 Å². The second kappa shape index (κ2) is 55.8. The molecular weight excluding hydrogens is 1380 g/mol. The Bertz CT molecular complexity index is 3170. The van der Waals surface area contributed by atoms with Crippen molar-refractivity contribution < 1.29 is 72.3 Å². The van der Waals surface area contributed by atoms with E-state index in [9.17, 15) is 14.4 Å². The van der Waals surface area contributed by atoms with E-state index in [1.165, 1.54) is 130 Å². The fourth-order valence-electron chi connectivity index (χ4n) is 12.1. The van der Waals surface area contributed by atoms with Crippen LogP contribution in [0.3, 0.4) is 0 Å². The number of methoxy groups -OCH3 is 1. The molecule has 2 aliphatic carbocycles. The Balaban J connectivity index is 0.000000338. The van der Waals surface area contributed by atoms with Crippen LogP contribution in [0.15, 0.2) is 146 Å². The molecule has 3 fully saturated rings. The number of benzene rings is 6. The van der Waals surface area contributed by atoms with Gasteiger partial charge in [-0.15, -0.1) is 0 Å². The number of hydrogen-bond donors (Lipinski definition) is 3. The van der Waals surface area contributed by atoms with Crippen molar-refractivity contribution in [1.29, 1.82) is 0 Å². The van der Waals surface area contributed by atoms with Gasteiger partial charge in [0.15, 0.2) is 12.6 Å². The average Bonchev–Trinajstić information content (AvgIpc) is 1.15. The lowest BCUT2D eigenvalue weighted by Gasteiger charge is -2.22. The van der Waals surface area contributed by atoms with Crippen LogP contribution in [0.5, 0.6) is 40.2 Å². The van der Waals surface area contributed by atoms with E-state index in [0.717, 1.165) is 74.4 Å². The smallest absolute Gasteiger partial charge is 0.347 e. The first-order valence-corrected chi connectivity index (χ1v) is 41.7. The summed E-state index contributed by atoms with van der Waals surface area (Å²) in [5.41, 5.74) is 6.70. The highest BCUT2D eigenvalue weighted by molar-refractivity contribution is 5.81. The fourth-order valence-corrected chi connectivity index (χ4v) is 12.1. The molecule has 1 heterocycles. The van der Waals surface area contributed by atoms with Crippen LogP contribution in [0.2, 0.25) is 0 Å². The van der Waals surface area contributed by atoms with Crippen LogP contribution in [-0.4, -0.2) is 85.1 Å². The molecule has 6 aromatic rings.